The van der Waals surface area contributed by atoms with Gasteiger partial charge in [0.15, 0.2) is 0 Å². The molecular weight excluding hydrogens is 215 g/mol. The molecule has 1 atom stereocenters. The van der Waals surface area contributed by atoms with E-state index in [2.05, 4.69) is 11.8 Å². The number of hydrogen-bond acceptors (Lipinski definition) is 1. The molecule has 0 spiro atoms. The summed E-state index contributed by atoms with van der Waals surface area (Å²) in [4.78, 5) is 0. The van der Waals surface area contributed by atoms with Gasteiger partial charge in [-0.3, -0.25) is 0 Å². The molecule has 0 aromatic heterocycles. The third-order valence-electron chi connectivity index (χ3n) is 2.29. The highest BCUT2D eigenvalue weighted by molar-refractivity contribution is 5.36. The Hall–Kier alpha value is -2.11. The third-order valence-corrected chi connectivity index (χ3v) is 2.29. The van der Waals surface area contributed by atoms with E-state index < -0.39 is 6.10 Å². The van der Waals surface area contributed by atoms with E-state index in [0.29, 0.717) is 5.56 Å². The summed E-state index contributed by atoms with van der Waals surface area (Å²) >= 11 is 0. The topological polar surface area (TPSA) is 20.2 Å². The fourth-order valence-electron chi connectivity index (χ4n) is 1.44. The predicted molar refractivity (Wildman–Crippen MR) is 64.7 cm³/mol. The zero-order valence-electron chi connectivity index (χ0n) is 9.10. The molecular formula is C15H11FO. The molecule has 0 aliphatic heterocycles. The van der Waals surface area contributed by atoms with Crippen LogP contribution < -0.4 is 0 Å². The molecule has 2 rings (SSSR count). The lowest BCUT2D eigenvalue weighted by molar-refractivity contribution is 0.238. The van der Waals surface area contributed by atoms with Crippen molar-refractivity contribution in [1.29, 1.82) is 0 Å². The van der Waals surface area contributed by atoms with Crippen molar-refractivity contribution in [2.75, 3.05) is 0 Å². The van der Waals surface area contributed by atoms with Crippen molar-refractivity contribution >= 4 is 0 Å². The predicted octanol–water partition coefficient (Wildman–Crippen LogP) is 2.91. The molecule has 1 nitrogen and oxygen atoms in total. The number of aliphatic hydroxyl groups excluding tert-OH is 1. The van der Waals surface area contributed by atoms with Gasteiger partial charge in [-0.05, 0) is 23.8 Å². The Morgan fingerprint density at radius 2 is 1.76 bits per heavy atom. The highest BCUT2D eigenvalue weighted by atomic mass is 19.1. The first-order chi connectivity index (χ1) is 8.25. The minimum absolute atomic E-state index is 0.328. The van der Waals surface area contributed by atoms with Gasteiger partial charge < -0.3 is 5.11 Å². The first kappa shape index (κ1) is 11.4. The van der Waals surface area contributed by atoms with E-state index >= 15 is 0 Å². The average Bonchev–Trinajstić information content (AvgIpc) is 2.37. The first-order valence-corrected chi connectivity index (χ1v) is 5.26. The molecule has 0 bridgehead atoms. The Bertz CT molecular complexity index is 552. The van der Waals surface area contributed by atoms with Gasteiger partial charge in [-0.1, -0.05) is 48.2 Å². The molecule has 0 amide bonds. The van der Waals surface area contributed by atoms with Crippen LogP contribution in [0, 0.1) is 17.7 Å². The largest absolute Gasteiger partial charge is 0.376 e. The van der Waals surface area contributed by atoms with Crippen LogP contribution in [0.4, 0.5) is 4.39 Å². The van der Waals surface area contributed by atoms with Crippen LogP contribution in [0.5, 0.6) is 0 Å². The van der Waals surface area contributed by atoms with E-state index in [9.17, 15) is 9.50 Å². The molecule has 2 aromatic carbocycles. The van der Waals surface area contributed by atoms with Crippen molar-refractivity contribution in [2.45, 2.75) is 6.10 Å². The molecule has 0 aliphatic rings. The SMILES string of the molecule is O[C@H](C#Cc1cccc(F)c1)c1ccccc1. The number of halogens is 1. The molecule has 84 valence electrons. The monoisotopic (exact) mass is 226 g/mol. The second kappa shape index (κ2) is 5.29. The number of hydrogen-bond donors (Lipinski definition) is 1. The fourth-order valence-corrected chi connectivity index (χ4v) is 1.44. The van der Waals surface area contributed by atoms with Crippen molar-refractivity contribution < 1.29 is 9.50 Å². The molecule has 0 unspecified atom stereocenters. The van der Waals surface area contributed by atoms with Gasteiger partial charge in [0.2, 0.25) is 0 Å². The van der Waals surface area contributed by atoms with Crippen LogP contribution in [-0.4, -0.2) is 5.11 Å². The number of benzene rings is 2. The Morgan fingerprint density at radius 3 is 2.47 bits per heavy atom. The van der Waals surface area contributed by atoms with Crippen LogP contribution in [0.15, 0.2) is 54.6 Å². The van der Waals surface area contributed by atoms with E-state index in [1.165, 1.54) is 12.1 Å². The van der Waals surface area contributed by atoms with E-state index in [4.69, 9.17) is 0 Å². The second-order valence-corrected chi connectivity index (χ2v) is 3.59. The minimum Gasteiger partial charge on any atom is -0.376 e. The standard InChI is InChI=1S/C15H11FO/c16-14-8-4-5-12(11-14)9-10-15(17)13-6-2-1-3-7-13/h1-8,11,15,17H/t15-/m1/s1. The average molecular weight is 226 g/mol. The normalized spacial score (nSPS) is 11.4. The van der Waals surface area contributed by atoms with Crippen LogP contribution in [0.1, 0.15) is 17.2 Å². The van der Waals surface area contributed by atoms with Gasteiger partial charge in [-0.15, -0.1) is 0 Å². The van der Waals surface area contributed by atoms with Crippen molar-refractivity contribution in [3.05, 3.63) is 71.5 Å². The maximum Gasteiger partial charge on any atom is 0.140 e. The van der Waals surface area contributed by atoms with Gasteiger partial charge in [0.1, 0.15) is 11.9 Å². The minimum atomic E-state index is -0.848. The van der Waals surface area contributed by atoms with Gasteiger partial charge in [0, 0.05) is 5.56 Å². The zero-order chi connectivity index (χ0) is 12.1. The van der Waals surface area contributed by atoms with Crippen molar-refractivity contribution in [2.24, 2.45) is 0 Å². The van der Waals surface area contributed by atoms with Crippen molar-refractivity contribution in [3.8, 4) is 11.8 Å². The second-order valence-electron chi connectivity index (χ2n) is 3.59. The molecule has 0 heterocycles. The Labute approximate surface area is 99.5 Å². The van der Waals surface area contributed by atoms with E-state index in [0.717, 1.165) is 5.56 Å². The van der Waals surface area contributed by atoms with Crippen LogP contribution in [0.25, 0.3) is 0 Å². The lowest BCUT2D eigenvalue weighted by Crippen LogP contribution is -1.92. The molecule has 0 fully saturated rings. The highest BCUT2D eigenvalue weighted by Crippen LogP contribution is 2.11. The summed E-state index contributed by atoms with van der Waals surface area (Å²) in [6.45, 7) is 0. The maximum atomic E-state index is 12.9. The van der Waals surface area contributed by atoms with Gasteiger partial charge in [0.05, 0.1) is 0 Å². The van der Waals surface area contributed by atoms with Crippen LogP contribution in [0.3, 0.4) is 0 Å². The number of rotatable bonds is 1. The Balaban J connectivity index is 2.17. The Morgan fingerprint density at radius 1 is 1.00 bits per heavy atom. The summed E-state index contributed by atoms with van der Waals surface area (Å²) in [5.41, 5.74) is 1.29. The van der Waals surface area contributed by atoms with Crippen molar-refractivity contribution in [1.82, 2.24) is 0 Å². The van der Waals surface area contributed by atoms with Crippen LogP contribution in [0.2, 0.25) is 0 Å². The summed E-state index contributed by atoms with van der Waals surface area (Å²) < 4.78 is 12.9. The summed E-state index contributed by atoms with van der Waals surface area (Å²) in [6.07, 6.45) is -0.848. The lowest BCUT2D eigenvalue weighted by atomic mass is 10.1. The molecule has 2 heteroatoms. The van der Waals surface area contributed by atoms with Crippen LogP contribution >= 0.6 is 0 Å². The summed E-state index contributed by atoms with van der Waals surface area (Å²) in [5.74, 6) is 5.10. The first-order valence-electron chi connectivity index (χ1n) is 5.26. The molecule has 0 radical (unpaired) electrons. The summed E-state index contributed by atoms with van der Waals surface area (Å²) in [6, 6.07) is 15.1. The third kappa shape index (κ3) is 3.17. The summed E-state index contributed by atoms with van der Waals surface area (Å²) in [5, 5.41) is 9.78. The fraction of sp³-hybridized carbons (Fsp3) is 0.0667. The molecule has 17 heavy (non-hydrogen) atoms. The van der Waals surface area contributed by atoms with E-state index in [1.807, 2.05) is 18.2 Å². The summed E-state index contributed by atoms with van der Waals surface area (Å²) in [7, 11) is 0. The molecule has 0 saturated carbocycles. The lowest BCUT2D eigenvalue weighted by Gasteiger charge is -2.01. The van der Waals surface area contributed by atoms with Gasteiger partial charge in [-0.2, -0.15) is 0 Å². The van der Waals surface area contributed by atoms with E-state index in [1.54, 1.807) is 24.3 Å². The molecule has 1 N–H and O–H groups in total. The van der Waals surface area contributed by atoms with Gasteiger partial charge in [-0.25, -0.2) is 4.39 Å². The highest BCUT2D eigenvalue weighted by Gasteiger charge is 2.01. The molecule has 2 aromatic rings. The quantitative estimate of drug-likeness (QED) is 0.741. The molecule has 0 aliphatic carbocycles. The Kier molecular flexibility index (Phi) is 3.54. The van der Waals surface area contributed by atoms with E-state index in [-0.39, 0.29) is 5.82 Å². The van der Waals surface area contributed by atoms with Gasteiger partial charge >= 0.3 is 0 Å². The number of aliphatic hydroxyl groups is 1. The zero-order valence-corrected chi connectivity index (χ0v) is 9.10. The smallest absolute Gasteiger partial charge is 0.140 e. The molecule has 0 saturated heterocycles. The van der Waals surface area contributed by atoms with Crippen LogP contribution in [-0.2, 0) is 0 Å². The van der Waals surface area contributed by atoms with Gasteiger partial charge in [0.25, 0.3) is 0 Å². The maximum absolute atomic E-state index is 12.9. The van der Waals surface area contributed by atoms with Crippen molar-refractivity contribution in [3.63, 3.8) is 0 Å².